The zero-order chi connectivity index (χ0) is 9.68. The van der Waals surface area contributed by atoms with E-state index in [0.29, 0.717) is 0 Å². The van der Waals surface area contributed by atoms with Crippen molar-refractivity contribution in [3.63, 3.8) is 0 Å². The van der Waals surface area contributed by atoms with Gasteiger partial charge in [0.05, 0.1) is 6.10 Å². The van der Waals surface area contributed by atoms with Gasteiger partial charge in [-0.1, -0.05) is 6.42 Å². The smallest absolute Gasteiger partial charge is 0.0700 e. The molecule has 3 heteroatoms. The third-order valence-corrected chi connectivity index (χ3v) is 2.80. The molecule has 0 saturated carbocycles. The molecule has 0 amide bonds. The van der Waals surface area contributed by atoms with Gasteiger partial charge in [-0.3, -0.25) is 0 Å². The molecule has 0 aromatic heterocycles. The minimum atomic E-state index is -0.332. The quantitative estimate of drug-likeness (QED) is 0.675. The van der Waals surface area contributed by atoms with Gasteiger partial charge in [0.2, 0.25) is 0 Å². The Morgan fingerprint density at radius 3 is 2.46 bits per heavy atom. The van der Waals surface area contributed by atoms with E-state index in [9.17, 15) is 5.11 Å². The Morgan fingerprint density at radius 2 is 1.92 bits per heavy atom. The molecule has 78 valence electrons. The van der Waals surface area contributed by atoms with Crippen LogP contribution in [-0.2, 0) is 0 Å². The molecule has 13 heavy (non-hydrogen) atoms. The van der Waals surface area contributed by atoms with Crippen molar-refractivity contribution < 1.29 is 5.11 Å². The molecule has 0 spiro atoms. The van der Waals surface area contributed by atoms with Crippen molar-refractivity contribution in [2.45, 2.75) is 44.8 Å². The van der Waals surface area contributed by atoms with Crippen LogP contribution in [0.15, 0.2) is 0 Å². The van der Waals surface area contributed by atoms with Crippen LogP contribution < -0.4 is 5.73 Å². The number of nitrogens with zero attached hydrogens (tertiary/aromatic N) is 1. The molecule has 1 aliphatic rings. The van der Waals surface area contributed by atoms with E-state index in [1.54, 1.807) is 0 Å². The van der Waals surface area contributed by atoms with Crippen molar-refractivity contribution >= 4 is 0 Å². The van der Waals surface area contributed by atoms with Crippen LogP contribution in [0.1, 0.15) is 32.6 Å². The summed E-state index contributed by atoms with van der Waals surface area (Å²) in [6.45, 7) is 5.26. The second kappa shape index (κ2) is 5.58. The summed E-state index contributed by atoms with van der Waals surface area (Å²) >= 11 is 0. The normalized spacial score (nSPS) is 24.2. The number of likely N-dealkylation sites (tertiary alicyclic amines) is 1. The first-order valence-electron chi connectivity index (χ1n) is 5.36. The first-order valence-corrected chi connectivity index (χ1v) is 5.36. The molecule has 2 atom stereocenters. The maximum atomic E-state index is 9.51. The highest BCUT2D eigenvalue weighted by Crippen LogP contribution is 2.09. The Kier molecular flexibility index (Phi) is 4.70. The summed E-state index contributed by atoms with van der Waals surface area (Å²) in [6, 6.07) is -0.0928. The maximum Gasteiger partial charge on any atom is 0.0700 e. The number of aliphatic hydroxyl groups is 1. The van der Waals surface area contributed by atoms with Crippen molar-refractivity contribution in [3.05, 3.63) is 0 Å². The van der Waals surface area contributed by atoms with Crippen LogP contribution in [0.25, 0.3) is 0 Å². The molecule has 3 nitrogen and oxygen atoms in total. The summed E-state index contributed by atoms with van der Waals surface area (Å²) in [5.41, 5.74) is 5.58. The lowest BCUT2D eigenvalue weighted by molar-refractivity contribution is 0.115. The van der Waals surface area contributed by atoms with E-state index in [0.717, 1.165) is 13.0 Å². The predicted octanol–water partition coefficient (Wildman–Crippen LogP) is 0.570. The Hall–Kier alpha value is -0.120. The highest BCUT2D eigenvalue weighted by molar-refractivity contribution is 4.70. The summed E-state index contributed by atoms with van der Waals surface area (Å²) < 4.78 is 0. The molecule has 3 N–H and O–H groups in total. The molecule has 0 aliphatic carbocycles. The Morgan fingerprint density at radius 1 is 1.31 bits per heavy atom. The largest absolute Gasteiger partial charge is 0.391 e. The van der Waals surface area contributed by atoms with Crippen molar-refractivity contribution in [1.29, 1.82) is 0 Å². The molecule has 2 unspecified atom stereocenters. The fourth-order valence-electron chi connectivity index (χ4n) is 1.76. The van der Waals surface area contributed by atoms with Gasteiger partial charge in [-0.05, 0) is 39.3 Å². The topological polar surface area (TPSA) is 49.5 Å². The molecule has 0 radical (unpaired) electrons. The Bertz CT molecular complexity index is 133. The fourth-order valence-corrected chi connectivity index (χ4v) is 1.76. The molecular weight excluding hydrogens is 164 g/mol. The van der Waals surface area contributed by atoms with Crippen LogP contribution in [0, 0.1) is 0 Å². The van der Waals surface area contributed by atoms with Gasteiger partial charge in [0.25, 0.3) is 0 Å². The summed E-state index contributed by atoms with van der Waals surface area (Å²) in [5, 5.41) is 9.51. The number of hydrogen-bond acceptors (Lipinski definition) is 3. The number of aliphatic hydroxyl groups excluding tert-OH is 1. The predicted molar refractivity (Wildman–Crippen MR) is 54.6 cm³/mol. The molecule has 0 aromatic carbocycles. The lowest BCUT2D eigenvalue weighted by Gasteiger charge is -2.27. The average Bonchev–Trinajstić information content (AvgIpc) is 2.15. The van der Waals surface area contributed by atoms with Crippen molar-refractivity contribution in [2.24, 2.45) is 5.73 Å². The SMILES string of the molecule is CC(N)C(O)CCN1CCCCC1. The van der Waals surface area contributed by atoms with Gasteiger partial charge in [-0.2, -0.15) is 0 Å². The first-order chi connectivity index (χ1) is 6.20. The summed E-state index contributed by atoms with van der Waals surface area (Å²) in [4.78, 5) is 2.43. The third kappa shape index (κ3) is 4.07. The first kappa shape index (κ1) is 11.0. The minimum absolute atomic E-state index is 0.0928. The van der Waals surface area contributed by atoms with E-state index < -0.39 is 0 Å². The van der Waals surface area contributed by atoms with E-state index in [1.165, 1.54) is 32.4 Å². The number of piperidine rings is 1. The van der Waals surface area contributed by atoms with E-state index in [4.69, 9.17) is 5.73 Å². The van der Waals surface area contributed by atoms with E-state index in [-0.39, 0.29) is 12.1 Å². The molecule has 1 rings (SSSR count). The van der Waals surface area contributed by atoms with Crippen molar-refractivity contribution in [1.82, 2.24) is 4.90 Å². The summed E-state index contributed by atoms with van der Waals surface area (Å²) in [7, 11) is 0. The standard InChI is InChI=1S/C10H22N2O/c1-9(11)10(13)5-8-12-6-3-2-4-7-12/h9-10,13H,2-8,11H2,1H3. The fraction of sp³-hybridized carbons (Fsp3) is 1.00. The number of nitrogens with two attached hydrogens (primary N) is 1. The van der Waals surface area contributed by atoms with E-state index >= 15 is 0 Å². The summed E-state index contributed by atoms with van der Waals surface area (Å²) in [5.74, 6) is 0. The van der Waals surface area contributed by atoms with Crippen LogP contribution in [0.5, 0.6) is 0 Å². The average molecular weight is 186 g/mol. The van der Waals surface area contributed by atoms with Crippen LogP contribution in [0.4, 0.5) is 0 Å². The highest BCUT2D eigenvalue weighted by atomic mass is 16.3. The van der Waals surface area contributed by atoms with Gasteiger partial charge >= 0.3 is 0 Å². The number of hydrogen-bond donors (Lipinski definition) is 2. The molecule has 1 saturated heterocycles. The van der Waals surface area contributed by atoms with Gasteiger partial charge in [-0.25, -0.2) is 0 Å². The molecule has 1 heterocycles. The van der Waals surface area contributed by atoms with Crippen LogP contribution in [0.2, 0.25) is 0 Å². The lowest BCUT2D eigenvalue weighted by atomic mass is 10.1. The van der Waals surface area contributed by atoms with Gasteiger partial charge < -0.3 is 15.7 Å². The zero-order valence-electron chi connectivity index (χ0n) is 8.58. The van der Waals surface area contributed by atoms with Gasteiger partial charge in [0.15, 0.2) is 0 Å². The molecule has 1 aliphatic heterocycles. The Labute approximate surface area is 80.9 Å². The van der Waals surface area contributed by atoms with E-state index in [2.05, 4.69) is 4.90 Å². The van der Waals surface area contributed by atoms with Crippen molar-refractivity contribution in [2.75, 3.05) is 19.6 Å². The minimum Gasteiger partial charge on any atom is -0.391 e. The third-order valence-electron chi connectivity index (χ3n) is 2.80. The van der Waals surface area contributed by atoms with Gasteiger partial charge in [-0.15, -0.1) is 0 Å². The second-order valence-corrected chi connectivity index (χ2v) is 4.12. The van der Waals surface area contributed by atoms with Gasteiger partial charge in [0.1, 0.15) is 0 Å². The monoisotopic (exact) mass is 186 g/mol. The zero-order valence-corrected chi connectivity index (χ0v) is 8.58. The van der Waals surface area contributed by atoms with Gasteiger partial charge in [0, 0.05) is 12.6 Å². The highest BCUT2D eigenvalue weighted by Gasteiger charge is 2.14. The van der Waals surface area contributed by atoms with Crippen LogP contribution >= 0.6 is 0 Å². The second-order valence-electron chi connectivity index (χ2n) is 4.12. The maximum absolute atomic E-state index is 9.51. The number of rotatable bonds is 4. The van der Waals surface area contributed by atoms with E-state index in [1.807, 2.05) is 6.92 Å². The molecule has 0 bridgehead atoms. The van der Waals surface area contributed by atoms with Crippen LogP contribution in [-0.4, -0.2) is 41.8 Å². The molecular formula is C10H22N2O. The van der Waals surface area contributed by atoms with Crippen LogP contribution in [0.3, 0.4) is 0 Å². The molecule has 1 fully saturated rings. The Balaban J connectivity index is 2.10. The molecule has 0 aromatic rings. The summed E-state index contributed by atoms with van der Waals surface area (Å²) in [6.07, 6.45) is 4.48. The lowest BCUT2D eigenvalue weighted by Crippen LogP contribution is -2.37. The van der Waals surface area contributed by atoms with Crippen molar-refractivity contribution in [3.8, 4) is 0 Å².